The Balaban J connectivity index is 4.08. The first-order valence-corrected chi connectivity index (χ1v) is 26.3. The van der Waals surface area contributed by atoms with Gasteiger partial charge in [-0.1, -0.05) is 0 Å². The van der Waals surface area contributed by atoms with Gasteiger partial charge >= 0.3 is 216 Å². The first kappa shape index (κ1) is 37.5. The molecule has 3 heteroatoms. The normalized spacial score (nSPS) is 12.0. The zero-order valence-corrected chi connectivity index (χ0v) is 30.0. The second-order valence-corrected chi connectivity index (χ2v) is 27.2. The Kier molecular flexibility index (Phi) is 32.3. The molecule has 0 aliphatic rings. The molecule has 0 fully saturated rings. The zero-order valence-electron chi connectivity index (χ0n) is 25.3. The number of rotatable bonds is 31. The van der Waals surface area contributed by atoms with Gasteiger partial charge in [0, 0.05) is 0 Å². The van der Waals surface area contributed by atoms with E-state index in [1.54, 1.807) is 43.4 Å². The van der Waals surface area contributed by atoms with E-state index in [-0.39, 0.29) is 0 Å². The van der Waals surface area contributed by atoms with Gasteiger partial charge in [-0.05, 0) is 5.75 Å². The molecular formula is C33H70S2Sn. The molecule has 36 heavy (non-hydrogen) atoms. The molecule has 0 aromatic rings. The SMILES string of the molecule is CCC[CH2][Sn]([CH2]CCC)([CH2]CCCCCCCCCCCS)[CH2]CCCCCCCCCCCCS. The third-order valence-electron chi connectivity index (χ3n) is 8.60. The molecule has 0 heterocycles. The quantitative estimate of drug-likeness (QED) is 0.0417. The van der Waals surface area contributed by atoms with Crippen molar-refractivity contribution >= 4 is 43.6 Å². The van der Waals surface area contributed by atoms with E-state index in [9.17, 15) is 0 Å². The number of thiol groups is 2. The molecule has 0 saturated carbocycles. The van der Waals surface area contributed by atoms with Crippen molar-refractivity contribution in [1.29, 1.82) is 0 Å². The minimum atomic E-state index is -1.92. The van der Waals surface area contributed by atoms with Crippen LogP contribution in [0.1, 0.15) is 174 Å². The van der Waals surface area contributed by atoms with Gasteiger partial charge in [0.15, 0.2) is 0 Å². The summed E-state index contributed by atoms with van der Waals surface area (Å²) in [6.07, 6.45) is 36.8. The van der Waals surface area contributed by atoms with Gasteiger partial charge in [0.1, 0.15) is 0 Å². The van der Waals surface area contributed by atoms with E-state index in [1.807, 2.05) is 0 Å². The zero-order chi connectivity index (χ0) is 26.4. The molecule has 218 valence electrons. The van der Waals surface area contributed by atoms with Crippen LogP contribution in [-0.2, 0) is 0 Å². The second-order valence-electron chi connectivity index (χ2n) is 12.1. The fourth-order valence-corrected chi connectivity index (χ4v) is 22.8. The van der Waals surface area contributed by atoms with Crippen molar-refractivity contribution in [2.75, 3.05) is 11.5 Å². The van der Waals surface area contributed by atoms with Crippen molar-refractivity contribution in [2.24, 2.45) is 0 Å². The Hall–Kier alpha value is 1.50. The van der Waals surface area contributed by atoms with Crippen molar-refractivity contribution in [2.45, 2.75) is 192 Å². The molecule has 0 radical (unpaired) electrons. The molecule has 0 nitrogen and oxygen atoms in total. The average Bonchev–Trinajstić information content (AvgIpc) is 2.89. The molecular weight excluding hydrogens is 579 g/mol. The second kappa shape index (κ2) is 31.0. The van der Waals surface area contributed by atoms with Gasteiger partial charge in [-0.2, -0.15) is 25.3 Å². The molecule has 0 atom stereocenters. The average molecular weight is 650 g/mol. The number of unbranched alkanes of at least 4 members (excludes halogenated alkanes) is 21. The third kappa shape index (κ3) is 25.8. The molecule has 0 rings (SSSR count). The topological polar surface area (TPSA) is 0 Å². The summed E-state index contributed by atoms with van der Waals surface area (Å²) in [5.41, 5.74) is 0. The maximum absolute atomic E-state index is 4.32. The van der Waals surface area contributed by atoms with Crippen molar-refractivity contribution < 1.29 is 0 Å². The summed E-state index contributed by atoms with van der Waals surface area (Å²) in [5, 5.41) is 0. The van der Waals surface area contributed by atoms with Crippen molar-refractivity contribution in [1.82, 2.24) is 0 Å². The Bertz CT molecular complexity index is 393. The summed E-state index contributed by atoms with van der Waals surface area (Å²) in [6.45, 7) is 4.85. The van der Waals surface area contributed by atoms with E-state index in [0.29, 0.717) is 0 Å². The molecule has 0 aromatic heterocycles. The predicted molar refractivity (Wildman–Crippen MR) is 179 cm³/mol. The molecule has 0 aliphatic heterocycles. The van der Waals surface area contributed by atoms with Crippen molar-refractivity contribution in [3.05, 3.63) is 0 Å². The summed E-state index contributed by atoms with van der Waals surface area (Å²) in [5.74, 6) is 2.14. The van der Waals surface area contributed by atoms with Gasteiger partial charge in [-0.15, -0.1) is 0 Å². The third-order valence-corrected chi connectivity index (χ3v) is 25.4. The Labute approximate surface area is 245 Å². The molecule has 0 aromatic carbocycles. The summed E-state index contributed by atoms with van der Waals surface area (Å²) in [7, 11) is 0. The Morgan fingerprint density at radius 3 is 0.778 bits per heavy atom. The molecule has 0 amide bonds. The van der Waals surface area contributed by atoms with Gasteiger partial charge in [0.2, 0.25) is 0 Å². The number of hydrogen-bond acceptors (Lipinski definition) is 2. The van der Waals surface area contributed by atoms with Crippen LogP contribution in [0.5, 0.6) is 0 Å². The Morgan fingerprint density at radius 2 is 0.528 bits per heavy atom. The number of hydrogen-bond donors (Lipinski definition) is 2. The fraction of sp³-hybridized carbons (Fsp3) is 1.00. The standard InChI is InChI=1S/C13H27S.C12H25S.2C4H9.Sn/c1-2-3-4-5-6-7-8-9-10-11-12-13-14;1-2-3-4-5-6-7-8-9-10-11-12-13;2*1-3-4-2;/h14H,1-13H2;13H,1-12H2;2*1,3-4H2,2H3;. The van der Waals surface area contributed by atoms with Gasteiger partial charge in [0.05, 0.1) is 0 Å². The molecule has 0 bridgehead atoms. The van der Waals surface area contributed by atoms with E-state index >= 15 is 0 Å². The van der Waals surface area contributed by atoms with Crippen LogP contribution in [0.2, 0.25) is 17.7 Å². The van der Waals surface area contributed by atoms with Gasteiger partial charge < -0.3 is 0 Å². The molecule has 0 saturated heterocycles. The van der Waals surface area contributed by atoms with Crippen LogP contribution in [0.4, 0.5) is 0 Å². The molecule has 0 unspecified atom stereocenters. The van der Waals surface area contributed by atoms with Gasteiger partial charge in [-0.3, -0.25) is 0 Å². The van der Waals surface area contributed by atoms with E-state index in [1.165, 1.54) is 135 Å². The van der Waals surface area contributed by atoms with Crippen LogP contribution in [0.3, 0.4) is 0 Å². The predicted octanol–water partition coefficient (Wildman–Crippen LogP) is 13.1. The molecule has 0 N–H and O–H groups in total. The maximum atomic E-state index is 4.32. The fourth-order valence-electron chi connectivity index (χ4n) is 6.08. The van der Waals surface area contributed by atoms with Crippen molar-refractivity contribution in [3.63, 3.8) is 0 Å². The minimum absolute atomic E-state index is 1.07. The van der Waals surface area contributed by atoms with Crippen LogP contribution in [0, 0.1) is 0 Å². The minimum Gasteiger partial charge on any atom is -0.179 e. The summed E-state index contributed by atoms with van der Waals surface area (Å²) in [4.78, 5) is 0. The van der Waals surface area contributed by atoms with E-state index in [4.69, 9.17) is 0 Å². The van der Waals surface area contributed by atoms with E-state index in [2.05, 4.69) is 39.1 Å². The first-order valence-electron chi connectivity index (χ1n) is 17.0. The Morgan fingerprint density at radius 1 is 0.306 bits per heavy atom. The smallest absolute Gasteiger partial charge is 0.179 e. The van der Waals surface area contributed by atoms with Crippen LogP contribution in [0.25, 0.3) is 0 Å². The molecule has 0 spiro atoms. The summed E-state index contributed by atoms with van der Waals surface area (Å²) < 4.78 is 6.88. The molecule has 0 aliphatic carbocycles. The summed E-state index contributed by atoms with van der Waals surface area (Å²) in [6, 6.07) is 0. The van der Waals surface area contributed by atoms with Crippen molar-refractivity contribution in [3.8, 4) is 0 Å². The van der Waals surface area contributed by atoms with Crippen LogP contribution < -0.4 is 0 Å². The van der Waals surface area contributed by atoms with E-state index < -0.39 is 18.4 Å². The van der Waals surface area contributed by atoms with Crippen LogP contribution in [-0.4, -0.2) is 29.9 Å². The monoisotopic (exact) mass is 650 g/mol. The first-order chi connectivity index (χ1) is 17.7. The van der Waals surface area contributed by atoms with Gasteiger partial charge in [0.25, 0.3) is 0 Å². The summed E-state index contributed by atoms with van der Waals surface area (Å²) >= 11 is 6.72. The van der Waals surface area contributed by atoms with Gasteiger partial charge in [-0.25, -0.2) is 0 Å². The van der Waals surface area contributed by atoms with E-state index in [0.717, 1.165) is 11.5 Å². The van der Waals surface area contributed by atoms with Crippen LogP contribution >= 0.6 is 25.3 Å². The van der Waals surface area contributed by atoms with Crippen LogP contribution in [0.15, 0.2) is 0 Å².